The first kappa shape index (κ1) is 9.88. The summed E-state index contributed by atoms with van der Waals surface area (Å²) in [5.41, 5.74) is 2.81. The maximum Gasteiger partial charge on any atom is 0.174 e. The van der Waals surface area contributed by atoms with Crippen molar-refractivity contribution in [3.63, 3.8) is 0 Å². The van der Waals surface area contributed by atoms with Gasteiger partial charge in [-0.15, -0.1) is 0 Å². The fraction of sp³-hybridized carbons (Fsp3) is 1.00. The Morgan fingerprint density at radius 2 is 2.20 bits per heavy atom. The Kier molecular flexibility index (Phi) is 6.91. The van der Waals surface area contributed by atoms with Gasteiger partial charge in [0.25, 0.3) is 0 Å². The second-order valence-corrected chi connectivity index (χ2v) is 2.17. The Bertz CT molecular complexity index is 68.6. The highest BCUT2D eigenvalue weighted by molar-refractivity contribution is 4.34. The molecule has 0 aliphatic carbocycles. The fourth-order valence-electron chi connectivity index (χ4n) is 0.473. The number of nitrogens with one attached hydrogen (secondary N) is 1. The van der Waals surface area contributed by atoms with Crippen molar-refractivity contribution < 1.29 is 9.57 Å². The summed E-state index contributed by atoms with van der Waals surface area (Å²) >= 11 is 0. The SMILES string of the molecule is CCCCNOC(C)OC. The third-order valence-corrected chi connectivity index (χ3v) is 1.21. The van der Waals surface area contributed by atoms with Gasteiger partial charge in [0.15, 0.2) is 6.29 Å². The largest absolute Gasteiger partial charge is 0.354 e. The molecule has 0 saturated heterocycles. The molecular weight excluding hydrogens is 130 g/mol. The lowest BCUT2D eigenvalue weighted by Crippen LogP contribution is -2.23. The molecular formula is C7H17NO2. The molecule has 0 fully saturated rings. The third-order valence-electron chi connectivity index (χ3n) is 1.21. The van der Waals surface area contributed by atoms with Crippen molar-refractivity contribution in [3.8, 4) is 0 Å². The summed E-state index contributed by atoms with van der Waals surface area (Å²) in [6.07, 6.45) is 2.16. The Labute approximate surface area is 62.7 Å². The van der Waals surface area contributed by atoms with Gasteiger partial charge in [0, 0.05) is 13.7 Å². The zero-order chi connectivity index (χ0) is 7.82. The molecule has 0 aliphatic rings. The molecule has 0 radical (unpaired) electrons. The van der Waals surface area contributed by atoms with Gasteiger partial charge >= 0.3 is 0 Å². The van der Waals surface area contributed by atoms with E-state index < -0.39 is 0 Å². The lowest BCUT2D eigenvalue weighted by atomic mass is 10.3. The average Bonchev–Trinajstić information content (AvgIpc) is 1.98. The molecule has 62 valence electrons. The van der Waals surface area contributed by atoms with E-state index in [2.05, 4.69) is 12.4 Å². The number of hydrogen-bond acceptors (Lipinski definition) is 3. The van der Waals surface area contributed by atoms with Crippen LogP contribution in [0.5, 0.6) is 0 Å². The minimum absolute atomic E-state index is 0.156. The molecule has 1 atom stereocenters. The van der Waals surface area contributed by atoms with E-state index in [-0.39, 0.29) is 6.29 Å². The molecule has 0 aromatic rings. The summed E-state index contributed by atoms with van der Waals surface area (Å²) < 4.78 is 4.85. The molecule has 0 spiro atoms. The molecule has 1 N–H and O–H groups in total. The summed E-state index contributed by atoms with van der Waals surface area (Å²) in [4.78, 5) is 5.02. The maximum atomic E-state index is 5.02. The van der Waals surface area contributed by atoms with Crippen LogP contribution in [0.4, 0.5) is 0 Å². The van der Waals surface area contributed by atoms with Crippen LogP contribution in [0.25, 0.3) is 0 Å². The molecule has 0 amide bonds. The second-order valence-electron chi connectivity index (χ2n) is 2.17. The van der Waals surface area contributed by atoms with Gasteiger partial charge in [0.2, 0.25) is 0 Å². The van der Waals surface area contributed by atoms with Gasteiger partial charge in [-0.2, -0.15) is 5.48 Å². The fourth-order valence-corrected chi connectivity index (χ4v) is 0.473. The van der Waals surface area contributed by atoms with Crippen LogP contribution in [-0.2, 0) is 9.57 Å². The predicted molar refractivity (Wildman–Crippen MR) is 40.5 cm³/mol. The lowest BCUT2D eigenvalue weighted by Gasteiger charge is -2.10. The second kappa shape index (κ2) is 6.99. The van der Waals surface area contributed by atoms with Gasteiger partial charge in [-0.1, -0.05) is 13.3 Å². The molecule has 0 aromatic carbocycles. The lowest BCUT2D eigenvalue weighted by molar-refractivity contribution is -0.153. The molecule has 1 unspecified atom stereocenters. The van der Waals surface area contributed by atoms with Crippen LogP contribution in [0.3, 0.4) is 0 Å². The van der Waals surface area contributed by atoms with E-state index >= 15 is 0 Å². The molecule has 0 bridgehead atoms. The first-order valence-electron chi connectivity index (χ1n) is 3.72. The van der Waals surface area contributed by atoms with Crippen LogP contribution in [0.1, 0.15) is 26.7 Å². The summed E-state index contributed by atoms with van der Waals surface area (Å²) in [6.45, 7) is 4.88. The van der Waals surface area contributed by atoms with Gasteiger partial charge < -0.3 is 4.74 Å². The average molecular weight is 147 g/mol. The number of ether oxygens (including phenoxy) is 1. The van der Waals surface area contributed by atoms with Gasteiger partial charge in [-0.25, -0.2) is 0 Å². The Hall–Kier alpha value is -0.120. The van der Waals surface area contributed by atoms with Crippen LogP contribution >= 0.6 is 0 Å². The van der Waals surface area contributed by atoms with E-state index in [1.165, 1.54) is 6.42 Å². The number of unbranched alkanes of at least 4 members (excludes halogenated alkanes) is 1. The highest BCUT2D eigenvalue weighted by Gasteiger charge is 1.95. The topological polar surface area (TPSA) is 30.5 Å². The van der Waals surface area contributed by atoms with Crippen LogP contribution < -0.4 is 5.48 Å². The minimum Gasteiger partial charge on any atom is -0.354 e. The molecule has 0 aliphatic heterocycles. The Balaban J connectivity index is 2.89. The highest BCUT2D eigenvalue weighted by atomic mass is 16.8. The normalized spacial score (nSPS) is 13.5. The minimum atomic E-state index is -0.156. The number of rotatable bonds is 6. The standard InChI is InChI=1S/C7H17NO2/c1-4-5-6-8-10-7(2)9-3/h7-8H,4-6H2,1-3H3. The van der Waals surface area contributed by atoms with Gasteiger partial charge in [0.1, 0.15) is 0 Å². The first-order chi connectivity index (χ1) is 4.81. The van der Waals surface area contributed by atoms with Crippen molar-refractivity contribution in [1.29, 1.82) is 0 Å². The van der Waals surface area contributed by atoms with Crippen molar-refractivity contribution in [3.05, 3.63) is 0 Å². The molecule has 0 aromatic heterocycles. The van der Waals surface area contributed by atoms with Gasteiger partial charge in [-0.3, -0.25) is 4.84 Å². The van der Waals surface area contributed by atoms with E-state index in [0.717, 1.165) is 13.0 Å². The van der Waals surface area contributed by atoms with Crippen LogP contribution in [0.15, 0.2) is 0 Å². The highest BCUT2D eigenvalue weighted by Crippen LogP contribution is 1.87. The van der Waals surface area contributed by atoms with Crippen molar-refractivity contribution in [2.24, 2.45) is 0 Å². The summed E-state index contributed by atoms with van der Waals surface area (Å²) in [7, 11) is 1.62. The maximum absolute atomic E-state index is 5.02. The number of hydroxylamine groups is 1. The molecule has 0 rings (SSSR count). The van der Waals surface area contributed by atoms with Crippen molar-refractivity contribution in [2.45, 2.75) is 33.0 Å². The molecule has 0 saturated carbocycles. The van der Waals surface area contributed by atoms with E-state index in [9.17, 15) is 0 Å². The van der Waals surface area contributed by atoms with E-state index in [1.807, 2.05) is 6.92 Å². The zero-order valence-corrected chi connectivity index (χ0v) is 7.02. The van der Waals surface area contributed by atoms with Crippen LogP contribution in [-0.4, -0.2) is 19.9 Å². The van der Waals surface area contributed by atoms with Crippen molar-refractivity contribution >= 4 is 0 Å². The quantitative estimate of drug-likeness (QED) is 0.349. The molecule has 3 heteroatoms. The molecule has 0 heterocycles. The van der Waals surface area contributed by atoms with E-state index in [0.29, 0.717) is 0 Å². The van der Waals surface area contributed by atoms with Crippen LogP contribution in [0.2, 0.25) is 0 Å². The van der Waals surface area contributed by atoms with Crippen molar-refractivity contribution in [2.75, 3.05) is 13.7 Å². The first-order valence-corrected chi connectivity index (χ1v) is 3.72. The monoisotopic (exact) mass is 147 g/mol. The molecule has 10 heavy (non-hydrogen) atoms. The third kappa shape index (κ3) is 6.01. The Morgan fingerprint density at radius 1 is 1.50 bits per heavy atom. The molecule has 3 nitrogen and oxygen atoms in total. The number of hydrogen-bond donors (Lipinski definition) is 1. The zero-order valence-electron chi connectivity index (χ0n) is 7.02. The van der Waals surface area contributed by atoms with Gasteiger partial charge in [-0.05, 0) is 13.3 Å². The predicted octanol–water partition coefficient (Wildman–Crippen LogP) is 1.30. The van der Waals surface area contributed by atoms with E-state index in [4.69, 9.17) is 9.57 Å². The van der Waals surface area contributed by atoms with Crippen LogP contribution in [0, 0.1) is 0 Å². The number of methoxy groups -OCH3 is 1. The summed E-state index contributed by atoms with van der Waals surface area (Å²) in [6, 6.07) is 0. The smallest absolute Gasteiger partial charge is 0.174 e. The van der Waals surface area contributed by atoms with Gasteiger partial charge in [0.05, 0.1) is 0 Å². The summed E-state index contributed by atoms with van der Waals surface area (Å²) in [5.74, 6) is 0. The Morgan fingerprint density at radius 3 is 2.70 bits per heavy atom. The van der Waals surface area contributed by atoms with Crippen molar-refractivity contribution in [1.82, 2.24) is 5.48 Å². The summed E-state index contributed by atoms with van der Waals surface area (Å²) in [5, 5.41) is 0. The van der Waals surface area contributed by atoms with E-state index in [1.54, 1.807) is 7.11 Å².